The standard InChI is InChI=1S/C16H17N3OS/c17-16(21)13-6-7-14(12-4-2-1-3-11(12)13)18-9-10-5-8-15(20)19-10/h1-4,6-7,10,18H,5,8-9H2,(H2,17,21)(H,19,20). The van der Waals surface area contributed by atoms with Crippen LogP contribution in [0.4, 0.5) is 5.69 Å². The van der Waals surface area contributed by atoms with Crippen molar-refractivity contribution in [1.82, 2.24) is 5.32 Å². The second-order valence-electron chi connectivity index (χ2n) is 5.25. The van der Waals surface area contributed by atoms with Crippen molar-refractivity contribution in [3.05, 3.63) is 42.0 Å². The molecule has 0 aliphatic carbocycles. The van der Waals surface area contributed by atoms with Crippen molar-refractivity contribution in [2.45, 2.75) is 18.9 Å². The highest BCUT2D eigenvalue weighted by Crippen LogP contribution is 2.27. The first-order chi connectivity index (χ1) is 10.1. The van der Waals surface area contributed by atoms with Crippen LogP contribution >= 0.6 is 12.2 Å². The van der Waals surface area contributed by atoms with Gasteiger partial charge in [0, 0.05) is 35.6 Å². The molecule has 0 saturated carbocycles. The molecular formula is C16H17N3OS. The van der Waals surface area contributed by atoms with Crippen LogP contribution in [0.15, 0.2) is 36.4 Å². The van der Waals surface area contributed by atoms with Crippen molar-refractivity contribution in [3.63, 3.8) is 0 Å². The lowest BCUT2D eigenvalue weighted by Crippen LogP contribution is -2.31. The molecular weight excluding hydrogens is 282 g/mol. The Balaban J connectivity index is 1.87. The highest BCUT2D eigenvalue weighted by molar-refractivity contribution is 7.80. The van der Waals surface area contributed by atoms with E-state index in [1.54, 1.807) is 0 Å². The summed E-state index contributed by atoms with van der Waals surface area (Å²) in [5.41, 5.74) is 7.71. The van der Waals surface area contributed by atoms with Gasteiger partial charge in [0.2, 0.25) is 5.91 Å². The van der Waals surface area contributed by atoms with Crippen molar-refractivity contribution < 1.29 is 4.79 Å². The number of thiocarbonyl (C=S) groups is 1. The molecule has 3 rings (SSSR count). The predicted molar refractivity (Wildman–Crippen MR) is 89.5 cm³/mol. The number of nitrogens with two attached hydrogens (primary N) is 1. The van der Waals surface area contributed by atoms with Gasteiger partial charge in [-0.1, -0.05) is 36.5 Å². The summed E-state index contributed by atoms with van der Waals surface area (Å²) in [5.74, 6) is 0.135. The van der Waals surface area contributed by atoms with E-state index in [2.05, 4.69) is 10.6 Å². The van der Waals surface area contributed by atoms with Gasteiger partial charge in [0.05, 0.1) is 0 Å². The van der Waals surface area contributed by atoms with Gasteiger partial charge in [-0.3, -0.25) is 4.79 Å². The Kier molecular flexibility index (Phi) is 3.75. The number of anilines is 1. The summed E-state index contributed by atoms with van der Waals surface area (Å²) in [6.45, 7) is 0.724. The summed E-state index contributed by atoms with van der Waals surface area (Å²) in [5, 5.41) is 8.51. The third kappa shape index (κ3) is 2.83. The molecule has 1 aliphatic heterocycles. The fourth-order valence-electron chi connectivity index (χ4n) is 2.73. The van der Waals surface area contributed by atoms with Gasteiger partial charge in [0.1, 0.15) is 4.99 Å². The molecule has 1 saturated heterocycles. The van der Waals surface area contributed by atoms with Gasteiger partial charge in [-0.2, -0.15) is 0 Å². The highest BCUT2D eigenvalue weighted by Gasteiger charge is 2.20. The maximum absolute atomic E-state index is 11.2. The normalized spacial score (nSPS) is 17.7. The molecule has 1 atom stereocenters. The van der Waals surface area contributed by atoms with Crippen molar-refractivity contribution in [2.24, 2.45) is 5.73 Å². The third-order valence-electron chi connectivity index (χ3n) is 3.81. The van der Waals surface area contributed by atoms with Gasteiger partial charge in [-0.25, -0.2) is 0 Å². The average Bonchev–Trinajstić information content (AvgIpc) is 2.90. The van der Waals surface area contributed by atoms with E-state index in [1.807, 2.05) is 36.4 Å². The second-order valence-corrected chi connectivity index (χ2v) is 5.69. The van der Waals surface area contributed by atoms with Crippen LogP contribution in [0.3, 0.4) is 0 Å². The quantitative estimate of drug-likeness (QED) is 0.757. The van der Waals surface area contributed by atoms with Crippen LogP contribution in [0, 0.1) is 0 Å². The molecule has 2 aromatic rings. The molecule has 0 aromatic heterocycles. The smallest absolute Gasteiger partial charge is 0.220 e. The molecule has 1 aliphatic rings. The van der Waals surface area contributed by atoms with Crippen molar-refractivity contribution in [2.75, 3.05) is 11.9 Å². The second kappa shape index (κ2) is 5.69. The van der Waals surface area contributed by atoms with Crippen LogP contribution in [-0.2, 0) is 4.79 Å². The lowest BCUT2D eigenvalue weighted by molar-refractivity contribution is -0.119. The Labute approximate surface area is 128 Å². The maximum atomic E-state index is 11.2. The zero-order valence-corrected chi connectivity index (χ0v) is 12.4. The van der Waals surface area contributed by atoms with Crippen molar-refractivity contribution >= 4 is 39.6 Å². The summed E-state index contributed by atoms with van der Waals surface area (Å²) in [6, 6.07) is 12.2. The van der Waals surface area contributed by atoms with Crippen molar-refractivity contribution in [3.8, 4) is 0 Å². The average molecular weight is 299 g/mol. The van der Waals surface area contributed by atoms with E-state index in [9.17, 15) is 4.79 Å². The van der Waals surface area contributed by atoms with Gasteiger partial charge in [-0.15, -0.1) is 0 Å². The monoisotopic (exact) mass is 299 g/mol. The molecule has 1 amide bonds. The maximum Gasteiger partial charge on any atom is 0.220 e. The molecule has 0 spiro atoms. The molecule has 2 aromatic carbocycles. The van der Waals surface area contributed by atoms with Gasteiger partial charge < -0.3 is 16.4 Å². The zero-order valence-electron chi connectivity index (χ0n) is 11.6. The number of nitrogens with one attached hydrogen (secondary N) is 2. The largest absolute Gasteiger partial charge is 0.389 e. The predicted octanol–water partition coefficient (Wildman–Crippen LogP) is 2.16. The van der Waals surface area contributed by atoms with Crippen LogP contribution in [0.2, 0.25) is 0 Å². The van der Waals surface area contributed by atoms with E-state index in [1.165, 1.54) is 0 Å². The molecule has 4 N–H and O–H groups in total. The topological polar surface area (TPSA) is 67.1 Å². The molecule has 21 heavy (non-hydrogen) atoms. The first-order valence-corrected chi connectivity index (χ1v) is 7.41. The number of carbonyl (C=O) groups excluding carboxylic acids is 1. The van der Waals surface area contributed by atoms with E-state index in [0.717, 1.165) is 35.0 Å². The first kappa shape index (κ1) is 13.8. The number of hydrogen-bond acceptors (Lipinski definition) is 3. The summed E-state index contributed by atoms with van der Waals surface area (Å²) in [7, 11) is 0. The van der Waals surface area contributed by atoms with Gasteiger partial charge in [0.25, 0.3) is 0 Å². The molecule has 5 heteroatoms. The van der Waals surface area contributed by atoms with Crippen LogP contribution in [-0.4, -0.2) is 23.5 Å². The Morgan fingerprint density at radius 1 is 1.29 bits per heavy atom. The van der Waals surface area contributed by atoms with Gasteiger partial charge >= 0.3 is 0 Å². The lowest BCUT2D eigenvalue weighted by Gasteiger charge is -2.15. The first-order valence-electron chi connectivity index (χ1n) is 7.00. The van der Waals surface area contributed by atoms with Crippen LogP contribution in [0.1, 0.15) is 18.4 Å². The van der Waals surface area contributed by atoms with Crippen molar-refractivity contribution in [1.29, 1.82) is 0 Å². The van der Waals surface area contributed by atoms with E-state index < -0.39 is 0 Å². The fourth-order valence-corrected chi connectivity index (χ4v) is 2.91. The van der Waals surface area contributed by atoms with E-state index in [0.29, 0.717) is 11.4 Å². The number of benzene rings is 2. The summed E-state index contributed by atoms with van der Waals surface area (Å²) in [6.07, 6.45) is 1.50. The minimum atomic E-state index is 0.135. The number of hydrogen-bond donors (Lipinski definition) is 3. The van der Waals surface area contributed by atoms with E-state index in [-0.39, 0.29) is 11.9 Å². The Morgan fingerprint density at radius 2 is 2.05 bits per heavy atom. The zero-order chi connectivity index (χ0) is 14.8. The lowest BCUT2D eigenvalue weighted by atomic mass is 10.0. The molecule has 1 heterocycles. The summed E-state index contributed by atoms with van der Waals surface area (Å²) in [4.78, 5) is 11.6. The highest BCUT2D eigenvalue weighted by atomic mass is 32.1. The number of fused-ring (bicyclic) bond motifs is 1. The molecule has 108 valence electrons. The van der Waals surface area contributed by atoms with E-state index >= 15 is 0 Å². The molecule has 0 radical (unpaired) electrons. The molecule has 1 fully saturated rings. The molecule has 1 unspecified atom stereocenters. The molecule has 4 nitrogen and oxygen atoms in total. The Morgan fingerprint density at radius 3 is 2.71 bits per heavy atom. The van der Waals surface area contributed by atoms with Gasteiger partial charge in [0.15, 0.2) is 0 Å². The SMILES string of the molecule is NC(=S)c1ccc(NCC2CCC(=O)N2)c2ccccc12. The Hall–Kier alpha value is -2.14. The van der Waals surface area contributed by atoms with Crippen LogP contribution in [0.5, 0.6) is 0 Å². The van der Waals surface area contributed by atoms with Crippen LogP contribution < -0.4 is 16.4 Å². The Bertz CT molecular complexity index is 714. The number of amides is 1. The third-order valence-corrected chi connectivity index (χ3v) is 4.03. The fraction of sp³-hybridized carbons (Fsp3) is 0.250. The molecule has 0 bridgehead atoms. The summed E-state index contributed by atoms with van der Waals surface area (Å²) >= 11 is 5.11. The van der Waals surface area contributed by atoms with E-state index in [4.69, 9.17) is 18.0 Å². The van der Waals surface area contributed by atoms with Gasteiger partial charge in [-0.05, 0) is 23.9 Å². The summed E-state index contributed by atoms with van der Waals surface area (Å²) < 4.78 is 0. The number of rotatable bonds is 4. The minimum Gasteiger partial charge on any atom is -0.389 e. The minimum absolute atomic E-state index is 0.135. The van der Waals surface area contributed by atoms with Crippen LogP contribution in [0.25, 0.3) is 10.8 Å². The number of carbonyl (C=O) groups is 1.